The number of aromatic nitrogens is 2. The van der Waals surface area contributed by atoms with Crippen LogP contribution in [0.1, 0.15) is 23.0 Å². The van der Waals surface area contributed by atoms with Crippen LogP contribution in [0.3, 0.4) is 0 Å². The number of hydrogen-bond donors (Lipinski definition) is 2. The monoisotopic (exact) mass is 395 g/mol. The summed E-state index contributed by atoms with van der Waals surface area (Å²) in [5.74, 6) is -1.27. The summed E-state index contributed by atoms with van der Waals surface area (Å²) in [6, 6.07) is 15.8. The third-order valence-corrected chi connectivity index (χ3v) is 4.34. The molecule has 0 saturated heterocycles. The van der Waals surface area contributed by atoms with Crippen LogP contribution in [0.5, 0.6) is 0 Å². The molecule has 0 aliphatic carbocycles. The smallest absolute Gasteiger partial charge is 0.360 e. The molecule has 0 unspecified atom stereocenters. The van der Waals surface area contributed by atoms with Crippen LogP contribution in [0.2, 0.25) is 0 Å². The van der Waals surface area contributed by atoms with Gasteiger partial charge in [-0.3, -0.25) is 9.59 Å². The minimum absolute atomic E-state index is 0.0585. The molecule has 8 heteroatoms. The van der Waals surface area contributed by atoms with E-state index < -0.39 is 23.5 Å². The first-order chi connectivity index (χ1) is 14.0. The molecule has 0 spiro atoms. The standard InChI is InChI=1S/C21H21N3O5/c1-14(19(26)22-13-15-7-3-2-4-8-15)29-21(28)18-16-9-5-6-10-17(16)20(27)24(23-18)11-12-25/h2-10,14,25H,11-13H2,1H3,(H,22,26)/t14-/m0/s1. The molecular weight excluding hydrogens is 374 g/mol. The zero-order chi connectivity index (χ0) is 20.8. The van der Waals surface area contributed by atoms with Gasteiger partial charge in [-0.1, -0.05) is 48.5 Å². The number of ether oxygens (including phenoxy) is 1. The number of benzene rings is 2. The van der Waals surface area contributed by atoms with Gasteiger partial charge in [0.1, 0.15) is 0 Å². The number of aliphatic hydroxyl groups excluding tert-OH is 1. The fourth-order valence-corrected chi connectivity index (χ4v) is 2.83. The van der Waals surface area contributed by atoms with E-state index in [-0.39, 0.29) is 24.2 Å². The normalized spacial score (nSPS) is 11.8. The van der Waals surface area contributed by atoms with Crippen molar-refractivity contribution in [2.75, 3.05) is 6.61 Å². The van der Waals surface area contributed by atoms with Crippen LogP contribution in [0.25, 0.3) is 10.8 Å². The Morgan fingerprint density at radius 2 is 1.76 bits per heavy atom. The maximum Gasteiger partial charge on any atom is 0.360 e. The van der Waals surface area contributed by atoms with E-state index in [1.54, 1.807) is 24.3 Å². The number of carbonyl (C=O) groups excluding carboxylic acids is 2. The van der Waals surface area contributed by atoms with E-state index in [1.807, 2.05) is 30.3 Å². The van der Waals surface area contributed by atoms with Gasteiger partial charge in [0.25, 0.3) is 11.5 Å². The topological polar surface area (TPSA) is 111 Å². The predicted molar refractivity (Wildman–Crippen MR) is 106 cm³/mol. The van der Waals surface area contributed by atoms with E-state index in [1.165, 1.54) is 6.92 Å². The van der Waals surface area contributed by atoms with Gasteiger partial charge in [0, 0.05) is 11.9 Å². The SMILES string of the molecule is C[C@H](OC(=O)c1nn(CCO)c(=O)c2ccccc12)C(=O)NCc1ccccc1. The lowest BCUT2D eigenvalue weighted by molar-refractivity contribution is -0.129. The van der Waals surface area contributed by atoms with Crippen LogP contribution in [0.15, 0.2) is 59.4 Å². The third kappa shape index (κ3) is 4.67. The van der Waals surface area contributed by atoms with Crippen LogP contribution in [-0.2, 0) is 22.6 Å². The molecule has 0 saturated carbocycles. The highest BCUT2D eigenvalue weighted by Crippen LogP contribution is 2.15. The first kappa shape index (κ1) is 20.2. The van der Waals surface area contributed by atoms with Crippen LogP contribution < -0.4 is 10.9 Å². The summed E-state index contributed by atoms with van der Waals surface area (Å²) in [7, 11) is 0. The molecule has 2 N–H and O–H groups in total. The average molecular weight is 395 g/mol. The summed E-state index contributed by atoms with van der Waals surface area (Å²) in [6.07, 6.45) is -1.05. The Morgan fingerprint density at radius 3 is 2.45 bits per heavy atom. The van der Waals surface area contributed by atoms with E-state index in [9.17, 15) is 14.4 Å². The Balaban J connectivity index is 1.77. The van der Waals surface area contributed by atoms with Gasteiger partial charge in [0.2, 0.25) is 0 Å². The van der Waals surface area contributed by atoms with Crippen LogP contribution in [0, 0.1) is 0 Å². The van der Waals surface area contributed by atoms with E-state index in [2.05, 4.69) is 10.4 Å². The second-order valence-corrected chi connectivity index (χ2v) is 6.40. The molecule has 0 bridgehead atoms. The fourth-order valence-electron chi connectivity index (χ4n) is 2.83. The molecule has 0 aliphatic rings. The minimum Gasteiger partial charge on any atom is -0.448 e. The number of hydrogen-bond acceptors (Lipinski definition) is 6. The lowest BCUT2D eigenvalue weighted by Gasteiger charge is -2.15. The molecule has 3 rings (SSSR count). The van der Waals surface area contributed by atoms with Crippen molar-refractivity contribution in [1.82, 2.24) is 15.1 Å². The first-order valence-electron chi connectivity index (χ1n) is 9.14. The van der Waals surface area contributed by atoms with Crippen molar-refractivity contribution < 1.29 is 19.4 Å². The number of rotatable bonds is 7. The molecule has 3 aromatic rings. The molecule has 8 nitrogen and oxygen atoms in total. The number of amides is 1. The lowest BCUT2D eigenvalue weighted by atomic mass is 10.1. The van der Waals surface area contributed by atoms with Gasteiger partial charge in [0.15, 0.2) is 11.8 Å². The number of fused-ring (bicyclic) bond motifs is 1. The molecule has 29 heavy (non-hydrogen) atoms. The maximum atomic E-state index is 12.7. The zero-order valence-electron chi connectivity index (χ0n) is 15.9. The van der Waals surface area contributed by atoms with Crippen molar-refractivity contribution in [2.45, 2.75) is 26.1 Å². The van der Waals surface area contributed by atoms with Gasteiger partial charge in [-0.25, -0.2) is 9.48 Å². The van der Waals surface area contributed by atoms with Gasteiger partial charge in [-0.2, -0.15) is 5.10 Å². The summed E-state index contributed by atoms with van der Waals surface area (Å²) in [5.41, 5.74) is 0.416. The van der Waals surface area contributed by atoms with Crippen molar-refractivity contribution in [3.63, 3.8) is 0 Å². The van der Waals surface area contributed by atoms with Crippen molar-refractivity contribution in [3.05, 3.63) is 76.2 Å². The Morgan fingerprint density at radius 1 is 1.10 bits per heavy atom. The number of carbonyl (C=O) groups is 2. The van der Waals surface area contributed by atoms with Crippen molar-refractivity contribution in [2.24, 2.45) is 0 Å². The third-order valence-electron chi connectivity index (χ3n) is 4.34. The second-order valence-electron chi connectivity index (χ2n) is 6.40. The maximum absolute atomic E-state index is 12.7. The summed E-state index contributed by atoms with van der Waals surface area (Å²) in [5, 5.41) is 16.5. The molecule has 2 aromatic carbocycles. The highest BCUT2D eigenvalue weighted by Gasteiger charge is 2.23. The summed E-state index contributed by atoms with van der Waals surface area (Å²) in [4.78, 5) is 37.4. The van der Waals surface area contributed by atoms with Crippen molar-refractivity contribution >= 4 is 22.6 Å². The largest absolute Gasteiger partial charge is 0.448 e. The minimum atomic E-state index is -1.05. The summed E-state index contributed by atoms with van der Waals surface area (Å²) in [6.45, 7) is 1.41. The number of nitrogens with zero attached hydrogens (tertiary/aromatic N) is 2. The van der Waals surface area contributed by atoms with Gasteiger partial charge in [-0.05, 0) is 18.6 Å². The van der Waals surface area contributed by atoms with E-state index >= 15 is 0 Å². The Kier molecular flexibility index (Phi) is 6.36. The average Bonchev–Trinajstić information content (AvgIpc) is 2.74. The molecule has 0 radical (unpaired) electrons. The fraction of sp³-hybridized carbons (Fsp3) is 0.238. The molecule has 0 fully saturated rings. The van der Waals surface area contributed by atoms with Gasteiger partial charge < -0.3 is 15.2 Å². The molecule has 0 aliphatic heterocycles. The highest BCUT2D eigenvalue weighted by atomic mass is 16.5. The number of esters is 1. The number of aliphatic hydroxyl groups is 1. The molecule has 1 amide bonds. The van der Waals surface area contributed by atoms with E-state index in [0.717, 1.165) is 10.2 Å². The van der Waals surface area contributed by atoms with Crippen LogP contribution in [0.4, 0.5) is 0 Å². The van der Waals surface area contributed by atoms with Gasteiger partial charge >= 0.3 is 5.97 Å². The van der Waals surface area contributed by atoms with Crippen molar-refractivity contribution in [3.8, 4) is 0 Å². The number of nitrogens with one attached hydrogen (secondary N) is 1. The molecule has 1 aromatic heterocycles. The van der Waals surface area contributed by atoms with E-state index in [0.29, 0.717) is 11.9 Å². The summed E-state index contributed by atoms with van der Waals surface area (Å²) < 4.78 is 6.29. The first-order valence-corrected chi connectivity index (χ1v) is 9.14. The molecule has 1 atom stereocenters. The van der Waals surface area contributed by atoms with Crippen molar-refractivity contribution in [1.29, 1.82) is 0 Å². The van der Waals surface area contributed by atoms with E-state index in [4.69, 9.17) is 9.84 Å². The quantitative estimate of drug-likeness (QED) is 0.583. The Hall–Kier alpha value is -3.52. The summed E-state index contributed by atoms with van der Waals surface area (Å²) >= 11 is 0. The molecule has 150 valence electrons. The van der Waals surface area contributed by atoms with Gasteiger partial charge in [-0.15, -0.1) is 0 Å². The van der Waals surface area contributed by atoms with Crippen LogP contribution in [-0.4, -0.2) is 39.5 Å². The van der Waals surface area contributed by atoms with Gasteiger partial charge in [0.05, 0.1) is 18.5 Å². The van der Waals surface area contributed by atoms with Crippen LogP contribution >= 0.6 is 0 Å². The zero-order valence-corrected chi connectivity index (χ0v) is 15.9. The highest BCUT2D eigenvalue weighted by molar-refractivity contribution is 6.02. The second kappa shape index (κ2) is 9.11. The Labute approximate surface area is 166 Å². The molecule has 1 heterocycles. The predicted octanol–water partition coefficient (Wildman–Crippen LogP) is 1.25. The lowest BCUT2D eigenvalue weighted by Crippen LogP contribution is -2.36. The Bertz CT molecular complexity index is 1080. The molecular formula is C21H21N3O5.